The Kier molecular flexibility index (Phi) is 12.4. The van der Waals surface area contributed by atoms with E-state index in [4.69, 9.17) is 25.9 Å². The van der Waals surface area contributed by atoms with Crippen LogP contribution >= 0.6 is 0 Å². The molecule has 5 unspecified atom stereocenters. The number of anilines is 2. The van der Waals surface area contributed by atoms with Crippen molar-refractivity contribution in [3.63, 3.8) is 0 Å². The van der Waals surface area contributed by atoms with Gasteiger partial charge in [-0.25, -0.2) is 13.6 Å². The van der Waals surface area contributed by atoms with E-state index in [0.29, 0.717) is 98.6 Å². The molecular weight excluding hydrogens is 965 g/mol. The van der Waals surface area contributed by atoms with E-state index in [-0.39, 0.29) is 84.2 Å². The lowest BCUT2D eigenvalue weighted by Crippen LogP contribution is -2.54. The zero-order valence-electron chi connectivity index (χ0n) is 41.2. The highest BCUT2D eigenvalue weighted by molar-refractivity contribution is 6.25. The Morgan fingerprint density at radius 3 is 2.52 bits per heavy atom. The van der Waals surface area contributed by atoms with Gasteiger partial charge in [-0.05, 0) is 62.1 Å². The molecule has 0 saturated carbocycles. The molecule has 20 heteroatoms. The fraction of sp³-hybridized carbons (Fsp3) is 0.418. The normalized spacial score (nSPS) is 24.8. The number of hydrogen-bond acceptors (Lipinski definition) is 15. The SMILES string of the molecule is C#Cc1c(F)ccc2cccc(-c3ncc4c(N5CC6CCC(C5)N6)nc(OCC56CCC(COC(=O)N7CCN(CCNc8cccc9c8C(=O)N(C8CCC(=O)NC8=O)C9=O)CC7)N5CC(=C)C6)nc4c3F)c12. The Morgan fingerprint density at radius 2 is 1.73 bits per heavy atom. The van der Waals surface area contributed by atoms with Crippen molar-refractivity contribution in [2.75, 3.05) is 82.3 Å². The van der Waals surface area contributed by atoms with E-state index < -0.39 is 46.8 Å². The summed E-state index contributed by atoms with van der Waals surface area (Å²) in [4.78, 5) is 88.3. The van der Waals surface area contributed by atoms with Crippen molar-refractivity contribution in [3.8, 4) is 29.6 Å². The summed E-state index contributed by atoms with van der Waals surface area (Å²) in [5, 5.41) is 10.7. The Labute approximate surface area is 430 Å². The van der Waals surface area contributed by atoms with Gasteiger partial charge < -0.3 is 29.9 Å². The van der Waals surface area contributed by atoms with E-state index >= 15 is 8.78 Å². The lowest BCUT2D eigenvalue weighted by Gasteiger charge is -2.36. The lowest BCUT2D eigenvalue weighted by molar-refractivity contribution is -0.136. The van der Waals surface area contributed by atoms with Crippen LogP contribution in [0.5, 0.6) is 6.01 Å². The van der Waals surface area contributed by atoms with Crippen LogP contribution in [0, 0.1) is 24.0 Å². The third kappa shape index (κ3) is 8.65. The summed E-state index contributed by atoms with van der Waals surface area (Å²) in [5.74, 6) is -0.511. The largest absolute Gasteiger partial charge is 0.461 e. The third-order valence-corrected chi connectivity index (χ3v) is 16.2. The number of carbonyl (C=O) groups is 5. The average molecular weight is 1020 g/mol. The van der Waals surface area contributed by atoms with Gasteiger partial charge in [-0.15, -0.1) is 6.42 Å². The zero-order chi connectivity index (χ0) is 51.7. The van der Waals surface area contributed by atoms with Gasteiger partial charge in [-0.2, -0.15) is 9.97 Å². The maximum atomic E-state index is 17.2. The van der Waals surface area contributed by atoms with Gasteiger partial charge in [0.15, 0.2) is 5.82 Å². The number of piperidine rings is 1. The van der Waals surface area contributed by atoms with Crippen molar-refractivity contribution in [2.45, 2.75) is 74.7 Å². The number of nitrogens with zero attached hydrogens (tertiary/aromatic N) is 8. The van der Waals surface area contributed by atoms with Crippen LogP contribution in [0.1, 0.15) is 71.2 Å². The summed E-state index contributed by atoms with van der Waals surface area (Å²) >= 11 is 0. The molecule has 75 heavy (non-hydrogen) atoms. The highest BCUT2D eigenvalue weighted by Crippen LogP contribution is 2.45. The number of piperazine rings is 2. The number of rotatable bonds is 12. The molecule has 0 radical (unpaired) electrons. The lowest BCUT2D eigenvalue weighted by atomic mass is 9.94. The molecule has 5 amide bonds. The molecule has 386 valence electrons. The number of fused-ring (bicyclic) bond motifs is 6. The van der Waals surface area contributed by atoms with Gasteiger partial charge in [0.2, 0.25) is 11.8 Å². The van der Waals surface area contributed by atoms with Crippen LogP contribution in [0.2, 0.25) is 0 Å². The van der Waals surface area contributed by atoms with Gasteiger partial charge in [0.05, 0.1) is 27.6 Å². The van der Waals surface area contributed by atoms with Crippen molar-refractivity contribution in [1.29, 1.82) is 0 Å². The van der Waals surface area contributed by atoms with Crippen molar-refractivity contribution in [3.05, 3.63) is 95.2 Å². The standard InChI is InChI=1S/C55H55F2N11O7/c1-3-36-40(56)13-10-32-6-4-7-37(44(32)36)47-46(57)48-39(25-59-47)49(66-27-33-11-12-34(28-66)60-33)63-53(62-48)75-30-55-17-16-35(67(55)26-31(2)24-55)29-74-54(73)65-22-20-64(21-23-65)19-18-58-41-9-5-8-38-45(41)52(72)68(51(38)71)42-14-15-43(69)61-50(42)70/h1,4-10,13,25,33-35,42,58,60H,2,11-12,14-24,26-30H2,(H,61,69,70). The minimum Gasteiger partial charge on any atom is -0.461 e. The van der Waals surface area contributed by atoms with Crippen LogP contribution in [-0.2, 0) is 14.3 Å². The Morgan fingerprint density at radius 1 is 0.947 bits per heavy atom. The molecule has 0 aliphatic carbocycles. The molecule has 3 N–H and O–H groups in total. The summed E-state index contributed by atoms with van der Waals surface area (Å²) in [7, 11) is 0. The van der Waals surface area contributed by atoms with Crippen LogP contribution in [0.4, 0.5) is 25.1 Å². The number of amides is 5. The molecule has 2 aromatic heterocycles. The fourth-order valence-corrected chi connectivity index (χ4v) is 12.6. The maximum absolute atomic E-state index is 17.2. The smallest absolute Gasteiger partial charge is 0.409 e. The first-order chi connectivity index (χ1) is 36.4. The first kappa shape index (κ1) is 48.3. The summed E-state index contributed by atoms with van der Waals surface area (Å²) in [6.45, 7) is 9.87. The second-order valence-corrected chi connectivity index (χ2v) is 20.8. The topological polar surface area (TPSA) is 195 Å². The van der Waals surface area contributed by atoms with E-state index in [0.717, 1.165) is 36.2 Å². The zero-order valence-corrected chi connectivity index (χ0v) is 41.2. The van der Waals surface area contributed by atoms with Crippen molar-refractivity contribution in [2.24, 2.45) is 0 Å². The molecule has 7 aliphatic rings. The van der Waals surface area contributed by atoms with Crippen LogP contribution in [-0.4, -0.2) is 166 Å². The summed E-state index contributed by atoms with van der Waals surface area (Å²) in [5.41, 5.74) is 1.86. The third-order valence-electron chi connectivity index (χ3n) is 16.2. The molecule has 6 saturated heterocycles. The van der Waals surface area contributed by atoms with Gasteiger partial charge in [0, 0.05) is 106 Å². The van der Waals surface area contributed by atoms with Crippen molar-refractivity contribution < 1.29 is 42.2 Å². The molecule has 2 bridgehead atoms. The molecular formula is C55H55F2N11O7. The molecule has 12 rings (SSSR count). The minimum atomic E-state index is -1.05. The number of hydrogen-bond donors (Lipinski definition) is 3. The molecule has 7 aliphatic heterocycles. The highest BCUT2D eigenvalue weighted by atomic mass is 19.1. The first-order valence-electron chi connectivity index (χ1n) is 25.7. The summed E-state index contributed by atoms with van der Waals surface area (Å²) < 4.78 is 44.9. The molecule has 9 heterocycles. The van der Waals surface area contributed by atoms with Crippen LogP contribution < -0.4 is 25.6 Å². The highest BCUT2D eigenvalue weighted by Gasteiger charge is 2.52. The molecule has 3 aromatic carbocycles. The number of pyridine rings is 1. The molecule has 0 spiro atoms. The number of ether oxygens (including phenoxy) is 2. The van der Waals surface area contributed by atoms with E-state index in [1.54, 1.807) is 53.6 Å². The van der Waals surface area contributed by atoms with Crippen molar-refractivity contribution in [1.82, 2.24) is 45.2 Å². The van der Waals surface area contributed by atoms with E-state index in [1.807, 2.05) is 0 Å². The minimum absolute atomic E-state index is 0.0130. The number of aromatic nitrogens is 3. The molecule has 5 atom stereocenters. The van der Waals surface area contributed by atoms with Gasteiger partial charge in [-0.3, -0.25) is 44.2 Å². The van der Waals surface area contributed by atoms with Gasteiger partial charge >= 0.3 is 12.1 Å². The predicted octanol–water partition coefficient (Wildman–Crippen LogP) is 4.85. The van der Waals surface area contributed by atoms with Gasteiger partial charge in [0.25, 0.3) is 11.8 Å². The van der Waals surface area contributed by atoms with Gasteiger partial charge in [0.1, 0.15) is 42.1 Å². The molecule has 18 nitrogen and oxygen atoms in total. The van der Waals surface area contributed by atoms with Crippen molar-refractivity contribution >= 4 is 62.9 Å². The number of imide groups is 2. The Balaban J connectivity index is 0.688. The van der Waals surface area contributed by atoms with Crippen LogP contribution in [0.3, 0.4) is 0 Å². The van der Waals surface area contributed by atoms with Crippen LogP contribution in [0.15, 0.2) is 66.9 Å². The van der Waals surface area contributed by atoms with E-state index in [9.17, 15) is 24.0 Å². The number of halogens is 2. The Hall–Kier alpha value is -7.60. The maximum Gasteiger partial charge on any atom is 0.409 e. The number of nitrogens with one attached hydrogen (secondary N) is 3. The predicted molar refractivity (Wildman–Crippen MR) is 273 cm³/mol. The second kappa shape index (κ2) is 19.3. The number of carbonyl (C=O) groups excluding carboxylic acids is 5. The molecule has 6 fully saturated rings. The first-order valence-corrected chi connectivity index (χ1v) is 25.7. The monoisotopic (exact) mass is 1020 g/mol. The fourth-order valence-electron chi connectivity index (χ4n) is 12.6. The van der Waals surface area contributed by atoms with E-state index in [2.05, 4.69) is 48.1 Å². The van der Waals surface area contributed by atoms with Crippen LogP contribution in [0.25, 0.3) is 32.9 Å². The summed E-state index contributed by atoms with van der Waals surface area (Å²) in [6, 6.07) is 12.6. The average Bonchev–Trinajstić information content (AvgIpc) is 4.13. The Bertz CT molecular complexity index is 3280. The quantitative estimate of drug-likeness (QED) is 0.0872. The molecule has 5 aromatic rings. The second-order valence-electron chi connectivity index (χ2n) is 20.8. The van der Waals surface area contributed by atoms with E-state index in [1.165, 1.54) is 6.07 Å². The number of terminal acetylenes is 1. The van der Waals surface area contributed by atoms with Gasteiger partial charge in [-0.1, -0.05) is 48.4 Å². The number of benzene rings is 3. The summed E-state index contributed by atoms with van der Waals surface area (Å²) in [6.07, 6.45) is 11.3.